The van der Waals surface area contributed by atoms with E-state index in [-0.39, 0.29) is 0 Å². The van der Waals surface area contributed by atoms with E-state index in [0.717, 1.165) is 38.6 Å². The Hall–Kier alpha value is -0.850. The first kappa shape index (κ1) is 20.2. The number of nitrogens with one attached hydrogen (secondary N) is 2. The zero-order valence-corrected chi connectivity index (χ0v) is 15.4. The Morgan fingerprint density at radius 3 is 2.39 bits per heavy atom. The summed E-state index contributed by atoms with van der Waals surface area (Å²) in [7, 11) is 1.73. The Labute approximate surface area is 142 Å². The van der Waals surface area contributed by atoms with Crippen molar-refractivity contribution in [3.63, 3.8) is 0 Å². The minimum atomic E-state index is 0.772. The Morgan fingerprint density at radius 2 is 1.74 bits per heavy atom. The Bertz CT molecular complexity index is 303. The maximum atomic E-state index is 5.05. The summed E-state index contributed by atoms with van der Waals surface area (Å²) in [6, 6.07) is 0. The van der Waals surface area contributed by atoms with Gasteiger partial charge in [0.1, 0.15) is 0 Å². The highest BCUT2D eigenvalue weighted by molar-refractivity contribution is 5.79. The molecular formula is C17H37N5O. The van der Waals surface area contributed by atoms with Crippen molar-refractivity contribution >= 4 is 5.96 Å². The average Bonchev–Trinajstić information content (AvgIpc) is 2.58. The number of rotatable bonds is 11. The van der Waals surface area contributed by atoms with Gasteiger partial charge in [-0.15, -0.1) is 0 Å². The van der Waals surface area contributed by atoms with Crippen molar-refractivity contribution in [3.8, 4) is 0 Å². The standard InChI is InChI=1S/C17H37N5O/c1-4-18-17(20-10-8-16-23-3)19-9-6-7-11-22-14-12-21(5-2)13-15-22/h4-16H2,1-3H3,(H2,18,19,20). The van der Waals surface area contributed by atoms with Gasteiger partial charge in [0, 0.05) is 59.5 Å². The number of ether oxygens (including phenoxy) is 1. The lowest BCUT2D eigenvalue weighted by molar-refractivity contribution is 0.136. The average molecular weight is 328 g/mol. The van der Waals surface area contributed by atoms with Crippen molar-refractivity contribution in [3.05, 3.63) is 0 Å². The van der Waals surface area contributed by atoms with E-state index in [1.165, 1.54) is 52.1 Å². The van der Waals surface area contributed by atoms with Crippen LogP contribution in [0.3, 0.4) is 0 Å². The molecule has 0 aromatic rings. The molecule has 0 bridgehead atoms. The first-order valence-corrected chi connectivity index (χ1v) is 9.26. The normalized spacial score (nSPS) is 17.4. The fraction of sp³-hybridized carbons (Fsp3) is 0.941. The smallest absolute Gasteiger partial charge is 0.191 e. The molecule has 136 valence electrons. The minimum Gasteiger partial charge on any atom is -0.385 e. The van der Waals surface area contributed by atoms with Crippen LogP contribution >= 0.6 is 0 Å². The van der Waals surface area contributed by atoms with Crippen LogP contribution in [0.1, 0.15) is 33.1 Å². The highest BCUT2D eigenvalue weighted by Crippen LogP contribution is 2.02. The summed E-state index contributed by atoms with van der Waals surface area (Å²) in [6.45, 7) is 15.1. The van der Waals surface area contributed by atoms with Crippen LogP contribution < -0.4 is 10.6 Å². The van der Waals surface area contributed by atoms with Gasteiger partial charge in [-0.2, -0.15) is 0 Å². The maximum Gasteiger partial charge on any atom is 0.191 e. The molecule has 6 nitrogen and oxygen atoms in total. The third-order valence-electron chi connectivity index (χ3n) is 4.23. The largest absolute Gasteiger partial charge is 0.385 e. The first-order valence-electron chi connectivity index (χ1n) is 9.26. The number of unbranched alkanes of at least 4 members (excludes halogenated alkanes) is 1. The van der Waals surface area contributed by atoms with Crippen LogP contribution in [0.25, 0.3) is 0 Å². The molecule has 1 heterocycles. The van der Waals surface area contributed by atoms with E-state index in [0.29, 0.717) is 0 Å². The van der Waals surface area contributed by atoms with Crippen molar-refractivity contribution < 1.29 is 4.74 Å². The maximum absolute atomic E-state index is 5.05. The highest BCUT2D eigenvalue weighted by atomic mass is 16.5. The number of piperazine rings is 1. The van der Waals surface area contributed by atoms with Crippen LogP contribution in [0.4, 0.5) is 0 Å². The molecule has 6 heteroatoms. The number of aliphatic imine (C=N–C) groups is 1. The van der Waals surface area contributed by atoms with Crippen LogP contribution in [-0.2, 0) is 4.74 Å². The molecule has 0 atom stereocenters. The van der Waals surface area contributed by atoms with Crippen LogP contribution in [0, 0.1) is 0 Å². The van der Waals surface area contributed by atoms with E-state index in [1.807, 2.05) is 0 Å². The van der Waals surface area contributed by atoms with E-state index in [9.17, 15) is 0 Å². The molecule has 1 fully saturated rings. The molecule has 0 spiro atoms. The molecule has 0 unspecified atom stereocenters. The molecule has 1 rings (SSSR count). The topological polar surface area (TPSA) is 52.1 Å². The second-order valence-corrected chi connectivity index (χ2v) is 6.02. The molecule has 0 amide bonds. The lowest BCUT2D eigenvalue weighted by Gasteiger charge is -2.34. The molecule has 0 saturated carbocycles. The van der Waals surface area contributed by atoms with E-state index in [1.54, 1.807) is 7.11 Å². The van der Waals surface area contributed by atoms with Gasteiger partial charge in [-0.05, 0) is 39.3 Å². The number of likely N-dealkylation sites (N-methyl/N-ethyl adjacent to an activating group) is 1. The fourth-order valence-electron chi connectivity index (χ4n) is 2.74. The predicted octanol–water partition coefficient (Wildman–Crippen LogP) is 0.996. The molecule has 0 aromatic heterocycles. The lowest BCUT2D eigenvalue weighted by atomic mass is 10.2. The van der Waals surface area contributed by atoms with Crippen molar-refractivity contribution in [2.75, 3.05) is 72.6 Å². The summed E-state index contributed by atoms with van der Waals surface area (Å²) < 4.78 is 5.05. The summed E-state index contributed by atoms with van der Waals surface area (Å²) in [6.07, 6.45) is 3.41. The zero-order chi connectivity index (χ0) is 16.8. The number of nitrogens with zero attached hydrogens (tertiary/aromatic N) is 3. The summed E-state index contributed by atoms with van der Waals surface area (Å²) in [4.78, 5) is 9.68. The SMILES string of the molecule is CCNC(=NCCCOC)NCCCCN1CCN(CC)CC1. The molecule has 23 heavy (non-hydrogen) atoms. The zero-order valence-electron chi connectivity index (χ0n) is 15.4. The van der Waals surface area contributed by atoms with E-state index >= 15 is 0 Å². The van der Waals surface area contributed by atoms with Crippen molar-refractivity contribution in [2.24, 2.45) is 4.99 Å². The number of guanidine groups is 1. The van der Waals surface area contributed by atoms with E-state index < -0.39 is 0 Å². The molecule has 2 N–H and O–H groups in total. The predicted molar refractivity (Wildman–Crippen MR) is 98.3 cm³/mol. The Balaban J connectivity index is 2.07. The molecule has 0 aliphatic carbocycles. The van der Waals surface area contributed by atoms with E-state index in [2.05, 4.69) is 39.3 Å². The van der Waals surface area contributed by atoms with Gasteiger partial charge in [-0.1, -0.05) is 6.92 Å². The second-order valence-electron chi connectivity index (χ2n) is 6.02. The third-order valence-corrected chi connectivity index (χ3v) is 4.23. The van der Waals surface area contributed by atoms with Crippen LogP contribution in [0.15, 0.2) is 4.99 Å². The summed E-state index contributed by atoms with van der Waals surface area (Å²) in [5.41, 5.74) is 0. The lowest BCUT2D eigenvalue weighted by Crippen LogP contribution is -2.46. The quantitative estimate of drug-likeness (QED) is 0.337. The minimum absolute atomic E-state index is 0.772. The van der Waals surface area contributed by atoms with Gasteiger partial charge >= 0.3 is 0 Å². The summed E-state index contributed by atoms with van der Waals surface area (Å²) in [5.74, 6) is 0.931. The van der Waals surface area contributed by atoms with Gasteiger partial charge in [-0.25, -0.2) is 0 Å². The van der Waals surface area contributed by atoms with Crippen LogP contribution in [0.2, 0.25) is 0 Å². The fourth-order valence-corrected chi connectivity index (χ4v) is 2.74. The van der Waals surface area contributed by atoms with Gasteiger partial charge < -0.3 is 25.2 Å². The molecule has 1 saturated heterocycles. The molecule has 1 aliphatic rings. The number of methoxy groups -OCH3 is 1. The Morgan fingerprint density at radius 1 is 1.00 bits per heavy atom. The van der Waals surface area contributed by atoms with Gasteiger partial charge in [0.05, 0.1) is 0 Å². The van der Waals surface area contributed by atoms with Crippen molar-refractivity contribution in [2.45, 2.75) is 33.1 Å². The monoisotopic (exact) mass is 327 g/mol. The van der Waals surface area contributed by atoms with Crippen LogP contribution in [-0.4, -0.2) is 88.4 Å². The summed E-state index contributed by atoms with van der Waals surface area (Å²) >= 11 is 0. The second kappa shape index (κ2) is 13.6. The molecule has 1 aliphatic heterocycles. The first-order chi connectivity index (χ1) is 11.3. The van der Waals surface area contributed by atoms with Gasteiger partial charge in [0.15, 0.2) is 5.96 Å². The number of hydrogen-bond acceptors (Lipinski definition) is 4. The molecular weight excluding hydrogens is 290 g/mol. The molecule has 0 aromatic carbocycles. The molecule has 0 radical (unpaired) electrons. The van der Waals surface area contributed by atoms with Gasteiger partial charge in [0.2, 0.25) is 0 Å². The number of hydrogen-bond donors (Lipinski definition) is 2. The van der Waals surface area contributed by atoms with Crippen LogP contribution in [0.5, 0.6) is 0 Å². The third kappa shape index (κ3) is 9.79. The van der Waals surface area contributed by atoms with E-state index in [4.69, 9.17) is 4.74 Å². The van der Waals surface area contributed by atoms with Gasteiger partial charge in [0.25, 0.3) is 0 Å². The Kier molecular flexibility index (Phi) is 11.9. The van der Waals surface area contributed by atoms with Crippen molar-refractivity contribution in [1.29, 1.82) is 0 Å². The van der Waals surface area contributed by atoms with Gasteiger partial charge in [-0.3, -0.25) is 4.99 Å². The highest BCUT2D eigenvalue weighted by Gasteiger charge is 2.14. The van der Waals surface area contributed by atoms with Crippen molar-refractivity contribution in [1.82, 2.24) is 20.4 Å². The summed E-state index contributed by atoms with van der Waals surface area (Å²) in [5, 5.41) is 6.72.